The Hall–Kier alpha value is -3.10. The van der Waals surface area contributed by atoms with E-state index in [1.807, 2.05) is 6.92 Å². The Morgan fingerprint density at radius 3 is 2.54 bits per heavy atom. The number of amides is 2. The number of nitrogens with one attached hydrogen (secondary N) is 3. The summed E-state index contributed by atoms with van der Waals surface area (Å²) in [6.07, 6.45) is -1.05. The van der Waals surface area contributed by atoms with Crippen LogP contribution in [0.15, 0.2) is 42.5 Å². The molecule has 2 aromatic carbocycles. The summed E-state index contributed by atoms with van der Waals surface area (Å²) in [5.74, 6) is -0.871. The fraction of sp³-hybridized carbons (Fsp3) is 0.385. The average Bonchev–Trinajstić information content (AvgIpc) is 3.14. The zero-order chi connectivity index (χ0) is 25.8. The lowest BCUT2D eigenvalue weighted by atomic mass is 10.0. The number of aromatic nitrogens is 1. The minimum atomic E-state index is -0.802. The molecule has 188 valence electrons. The second kappa shape index (κ2) is 11.1. The molecule has 0 saturated carbocycles. The maximum absolute atomic E-state index is 14.0. The molecule has 0 aliphatic heterocycles. The second-order valence-electron chi connectivity index (χ2n) is 9.63. The van der Waals surface area contributed by atoms with Crippen molar-refractivity contribution in [3.63, 3.8) is 0 Å². The van der Waals surface area contributed by atoms with Crippen LogP contribution < -0.4 is 10.6 Å². The standard InChI is InChI=1S/C26H31ClFN3O4/c1-15(11-17(32)14-30-25(34)35-26(2,3)4)13-29-24(33)23-22(18-7-5-6-8-20(18)27)19-12-16(28)9-10-21(19)31-23/h5-10,12,15,17,31-32H,11,13-14H2,1-4H3,(H,29,33)(H,30,34)/t15-,17?/m0/s1. The maximum atomic E-state index is 14.0. The molecule has 0 aliphatic rings. The Bertz CT molecular complexity index is 1210. The molecule has 4 N–H and O–H groups in total. The highest BCUT2D eigenvalue weighted by atomic mass is 35.5. The Labute approximate surface area is 209 Å². The van der Waals surface area contributed by atoms with Crippen LogP contribution in [0.3, 0.4) is 0 Å². The average molecular weight is 504 g/mol. The van der Waals surface area contributed by atoms with Gasteiger partial charge in [-0.05, 0) is 57.4 Å². The summed E-state index contributed by atoms with van der Waals surface area (Å²) >= 11 is 6.40. The smallest absolute Gasteiger partial charge is 0.407 e. The van der Waals surface area contributed by atoms with Gasteiger partial charge in [-0.3, -0.25) is 4.79 Å². The van der Waals surface area contributed by atoms with Gasteiger partial charge in [-0.1, -0.05) is 36.7 Å². The van der Waals surface area contributed by atoms with Crippen molar-refractivity contribution >= 4 is 34.5 Å². The molecule has 0 spiro atoms. The molecule has 9 heteroatoms. The van der Waals surface area contributed by atoms with E-state index in [1.54, 1.807) is 51.1 Å². The molecule has 1 unspecified atom stereocenters. The molecular formula is C26H31ClFN3O4. The molecule has 0 saturated heterocycles. The van der Waals surface area contributed by atoms with Crippen molar-refractivity contribution in [3.8, 4) is 11.1 Å². The van der Waals surface area contributed by atoms with Gasteiger partial charge in [0.2, 0.25) is 0 Å². The highest BCUT2D eigenvalue weighted by Gasteiger charge is 2.22. The molecule has 7 nitrogen and oxygen atoms in total. The minimum Gasteiger partial charge on any atom is -0.444 e. The lowest BCUT2D eigenvalue weighted by Gasteiger charge is -2.21. The zero-order valence-corrected chi connectivity index (χ0v) is 21.0. The molecule has 0 fully saturated rings. The van der Waals surface area contributed by atoms with Crippen LogP contribution in [0, 0.1) is 11.7 Å². The van der Waals surface area contributed by atoms with Gasteiger partial charge in [0, 0.05) is 40.1 Å². The van der Waals surface area contributed by atoms with Crippen molar-refractivity contribution in [1.82, 2.24) is 15.6 Å². The van der Waals surface area contributed by atoms with E-state index in [1.165, 1.54) is 12.1 Å². The predicted molar refractivity (Wildman–Crippen MR) is 135 cm³/mol. The predicted octanol–water partition coefficient (Wildman–Crippen LogP) is 5.27. The summed E-state index contributed by atoms with van der Waals surface area (Å²) < 4.78 is 19.2. The monoisotopic (exact) mass is 503 g/mol. The molecule has 1 aromatic heterocycles. The van der Waals surface area contributed by atoms with Crippen molar-refractivity contribution in [3.05, 3.63) is 59.0 Å². The van der Waals surface area contributed by atoms with E-state index in [0.717, 1.165) is 0 Å². The van der Waals surface area contributed by atoms with Crippen LogP contribution in [-0.4, -0.2) is 46.9 Å². The fourth-order valence-electron chi connectivity index (χ4n) is 3.78. The summed E-state index contributed by atoms with van der Waals surface area (Å²) in [5.41, 5.74) is 1.41. The molecule has 0 bridgehead atoms. The van der Waals surface area contributed by atoms with Crippen LogP contribution >= 0.6 is 11.6 Å². The van der Waals surface area contributed by atoms with Gasteiger partial charge in [0.1, 0.15) is 17.1 Å². The number of benzene rings is 2. The highest BCUT2D eigenvalue weighted by molar-refractivity contribution is 6.34. The SMILES string of the molecule is C[C@H](CNC(=O)c1[nH]c2ccc(F)cc2c1-c1ccccc1Cl)CC(O)CNC(=O)OC(C)(C)C. The molecule has 2 amide bonds. The second-order valence-corrected chi connectivity index (χ2v) is 10.0. The molecule has 2 atom stereocenters. The number of alkyl carbamates (subject to hydrolysis) is 1. The van der Waals surface area contributed by atoms with Crippen LogP contribution in [0.25, 0.3) is 22.0 Å². The van der Waals surface area contributed by atoms with Crippen LogP contribution in [0.5, 0.6) is 0 Å². The van der Waals surface area contributed by atoms with E-state index < -0.39 is 23.6 Å². The number of hydrogen-bond acceptors (Lipinski definition) is 4. The number of aliphatic hydroxyl groups is 1. The van der Waals surface area contributed by atoms with Gasteiger partial charge < -0.3 is 25.5 Å². The van der Waals surface area contributed by atoms with Crippen molar-refractivity contribution in [2.45, 2.75) is 45.8 Å². The normalized spacial score (nSPS) is 13.3. The third-order valence-corrected chi connectivity index (χ3v) is 5.63. The number of halogens is 2. The lowest BCUT2D eigenvalue weighted by molar-refractivity contribution is 0.0481. The first-order valence-corrected chi connectivity index (χ1v) is 11.8. The number of H-pyrrole nitrogens is 1. The Balaban J connectivity index is 1.67. The van der Waals surface area contributed by atoms with Gasteiger partial charge in [0.25, 0.3) is 5.91 Å². The first-order chi connectivity index (χ1) is 16.4. The van der Waals surface area contributed by atoms with Crippen LogP contribution in [0.1, 0.15) is 44.6 Å². The number of rotatable bonds is 8. The van der Waals surface area contributed by atoms with Gasteiger partial charge >= 0.3 is 6.09 Å². The molecular weight excluding hydrogens is 473 g/mol. The van der Waals surface area contributed by atoms with Gasteiger partial charge in [-0.25, -0.2) is 9.18 Å². The number of fused-ring (bicyclic) bond motifs is 1. The van der Waals surface area contributed by atoms with Crippen LogP contribution in [0.2, 0.25) is 5.02 Å². The van der Waals surface area contributed by atoms with Crippen LogP contribution in [-0.2, 0) is 4.74 Å². The summed E-state index contributed by atoms with van der Waals surface area (Å²) in [4.78, 5) is 28.0. The number of aliphatic hydroxyl groups excluding tert-OH is 1. The summed E-state index contributed by atoms with van der Waals surface area (Å²) in [5, 5.41) is 16.7. The number of aromatic amines is 1. The van der Waals surface area contributed by atoms with E-state index in [4.69, 9.17) is 16.3 Å². The molecule has 0 aliphatic carbocycles. The minimum absolute atomic E-state index is 0.0391. The fourth-order valence-corrected chi connectivity index (χ4v) is 4.01. The molecule has 0 radical (unpaired) electrons. The third kappa shape index (κ3) is 7.19. The van der Waals surface area contributed by atoms with Crippen molar-refractivity contribution in [2.75, 3.05) is 13.1 Å². The van der Waals surface area contributed by atoms with E-state index in [0.29, 0.717) is 33.5 Å². The largest absolute Gasteiger partial charge is 0.444 e. The molecule has 1 heterocycles. The van der Waals surface area contributed by atoms with E-state index in [9.17, 15) is 19.1 Å². The highest BCUT2D eigenvalue weighted by Crippen LogP contribution is 2.37. The summed E-state index contributed by atoms with van der Waals surface area (Å²) in [6, 6.07) is 11.4. The van der Waals surface area contributed by atoms with Gasteiger partial charge in [0.15, 0.2) is 0 Å². The van der Waals surface area contributed by atoms with Gasteiger partial charge in [0.05, 0.1) is 6.10 Å². The number of carbonyl (C=O) groups excluding carboxylic acids is 2. The topological polar surface area (TPSA) is 103 Å². The lowest BCUT2D eigenvalue weighted by Crippen LogP contribution is -2.38. The van der Waals surface area contributed by atoms with Crippen LogP contribution in [0.4, 0.5) is 9.18 Å². The van der Waals surface area contributed by atoms with Gasteiger partial charge in [-0.2, -0.15) is 0 Å². The van der Waals surface area contributed by atoms with Crippen molar-refractivity contribution in [1.29, 1.82) is 0 Å². The quantitative estimate of drug-likeness (QED) is 0.336. The Morgan fingerprint density at radius 2 is 1.86 bits per heavy atom. The number of carbonyl (C=O) groups is 2. The summed E-state index contributed by atoms with van der Waals surface area (Å²) in [6.45, 7) is 7.48. The number of hydrogen-bond donors (Lipinski definition) is 4. The number of ether oxygens (including phenoxy) is 1. The van der Waals surface area contributed by atoms with E-state index in [-0.39, 0.29) is 30.6 Å². The van der Waals surface area contributed by atoms with Crippen molar-refractivity contribution in [2.24, 2.45) is 5.92 Å². The third-order valence-electron chi connectivity index (χ3n) is 5.30. The van der Waals surface area contributed by atoms with E-state index in [2.05, 4.69) is 15.6 Å². The first-order valence-electron chi connectivity index (χ1n) is 11.4. The Morgan fingerprint density at radius 1 is 1.14 bits per heavy atom. The summed E-state index contributed by atoms with van der Waals surface area (Å²) in [7, 11) is 0. The molecule has 35 heavy (non-hydrogen) atoms. The Kier molecular flexibility index (Phi) is 8.40. The van der Waals surface area contributed by atoms with E-state index >= 15 is 0 Å². The zero-order valence-electron chi connectivity index (χ0n) is 20.2. The maximum Gasteiger partial charge on any atom is 0.407 e. The van der Waals surface area contributed by atoms with Crippen molar-refractivity contribution < 1.29 is 23.8 Å². The van der Waals surface area contributed by atoms with Gasteiger partial charge in [-0.15, -0.1) is 0 Å². The molecule has 3 aromatic rings. The first kappa shape index (κ1) is 26.5. The molecule has 3 rings (SSSR count).